The molecule has 0 saturated carbocycles. The maximum Gasteiger partial charge on any atom is 0.297 e. The normalized spacial score (nSPS) is 13.8. The quantitative estimate of drug-likeness (QED) is 0.165. The minimum atomic E-state index is -0.257. The van der Waals surface area contributed by atoms with Crippen molar-refractivity contribution in [2.24, 2.45) is 0 Å². The molecule has 73 heavy (non-hydrogen) atoms. The van der Waals surface area contributed by atoms with Crippen LogP contribution in [0.25, 0.3) is 38.5 Å². The number of rotatable bonds is 4. The lowest BCUT2D eigenvalue weighted by Crippen LogP contribution is -2.60. The maximum absolute atomic E-state index is 10.5. The number of hydrogen-bond acceptors (Lipinski definition) is 4. The highest BCUT2D eigenvalue weighted by Gasteiger charge is 2.47. The van der Waals surface area contributed by atoms with E-state index in [-0.39, 0.29) is 33.8 Å². The maximum atomic E-state index is 10.5. The second-order valence-electron chi connectivity index (χ2n) is 26.5. The van der Waals surface area contributed by atoms with Gasteiger partial charge in [-0.3, -0.25) is 0 Å². The van der Waals surface area contributed by atoms with Crippen LogP contribution in [0.5, 0.6) is 0 Å². The first kappa shape index (κ1) is 48.3. The van der Waals surface area contributed by atoms with E-state index in [1.807, 2.05) is 18.2 Å². The molecule has 0 fully saturated rings. The van der Waals surface area contributed by atoms with Gasteiger partial charge in [-0.15, -0.1) is 0 Å². The van der Waals surface area contributed by atoms with Crippen molar-refractivity contribution in [1.29, 1.82) is 5.26 Å². The van der Waals surface area contributed by atoms with Gasteiger partial charge in [0.2, 0.25) is 0 Å². The van der Waals surface area contributed by atoms with Gasteiger partial charge in [0.1, 0.15) is 5.58 Å². The van der Waals surface area contributed by atoms with E-state index in [4.69, 9.17) is 4.42 Å². The van der Waals surface area contributed by atoms with E-state index in [9.17, 15) is 5.26 Å². The first-order chi connectivity index (χ1) is 34.1. The predicted octanol–water partition coefficient (Wildman–Crippen LogP) is 16.6. The van der Waals surface area contributed by atoms with Crippen molar-refractivity contribution in [3.8, 4) is 11.8 Å². The van der Waals surface area contributed by atoms with Crippen molar-refractivity contribution >= 4 is 90.2 Å². The fraction of sp³-hybridized carbons (Fsp3) is 0.328. The Balaban J connectivity index is 1.34. The minimum absolute atomic E-state index is 0.00802. The highest BCUT2D eigenvalue weighted by molar-refractivity contribution is 7.00. The zero-order valence-electron chi connectivity index (χ0n) is 46.3. The summed E-state index contributed by atoms with van der Waals surface area (Å²) in [6.07, 6.45) is 0. The average Bonchev–Trinajstić information content (AvgIpc) is 3.85. The van der Waals surface area contributed by atoms with E-state index in [1.165, 1.54) is 71.7 Å². The molecule has 7 aromatic carbocycles. The lowest BCUT2D eigenvalue weighted by Gasteiger charge is -2.41. The van der Waals surface area contributed by atoms with Gasteiger partial charge < -0.3 is 18.8 Å². The van der Waals surface area contributed by atoms with E-state index < -0.39 is 0 Å². The van der Waals surface area contributed by atoms with Crippen LogP contribution in [0.3, 0.4) is 0 Å². The Morgan fingerprint density at radius 3 is 1.52 bits per heavy atom. The zero-order valence-corrected chi connectivity index (χ0v) is 46.3. The first-order valence-electron chi connectivity index (χ1n) is 26.3. The van der Waals surface area contributed by atoms with E-state index >= 15 is 0 Å². The van der Waals surface area contributed by atoms with E-state index in [0.717, 1.165) is 56.4 Å². The van der Waals surface area contributed by atoms with Crippen LogP contribution in [0.1, 0.15) is 148 Å². The van der Waals surface area contributed by atoms with Crippen LogP contribution < -0.4 is 26.4 Å². The molecule has 0 spiro atoms. The van der Waals surface area contributed by atoms with Gasteiger partial charge >= 0.3 is 0 Å². The van der Waals surface area contributed by atoms with Crippen molar-refractivity contribution in [1.82, 2.24) is 4.57 Å². The van der Waals surface area contributed by atoms with Gasteiger partial charge in [0, 0.05) is 44.4 Å². The van der Waals surface area contributed by atoms with Gasteiger partial charge in [0.25, 0.3) is 6.71 Å². The molecule has 5 nitrogen and oxygen atoms in total. The summed E-state index contributed by atoms with van der Waals surface area (Å²) in [5, 5.41) is 14.0. The van der Waals surface area contributed by atoms with Crippen molar-refractivity contribution in [3.63, 3.8) is 0 Å². The third-order valence-corrected chi connectivity index (χ3v) is 16.0. The lowest BCUT2D eigenvalue weighted by atomic mass is 9.35. The Kier molecular flexibility index (Phi) is 10.6. The van der Waals surface area contributed by atoms with Gasteiger partial charge in [0.15, 0.2) is 0 Å². The van der Waals surface area contributed by atoms with Crippen molar-refractivity contribution in [2.45, 2.75) is 145 Å². The number of furan rings is 1. The molecule has 0 saturated heterocycles. The van der Waals surface area contributed by atoms with E-state index in [0.29, 0.717) is 5.56 Å². The third-order valence-electron chi connectivity index (χ3n) is 16.0. The molecule has 2 aliphatic rings. The standard InChI is InChI=1S/C67H71BN4O/c1-39-30-45(66(12,13)14)31-40(2)59(39)72-56-37-49(70(47-24-19-42(20-25-47)63(3,4)5)48-26-21-43(22-27-48)64(6,7)8)36-55-58(56)68(62-61(72)52-32-41(38-69)18-29-57(52)73-62)53-35-46(67(15,16)17)34-51-50-33-44(65(9,10)11)23-28-54(50)71(55)60(51)53/h18-37H,1-17H3. The number of aryl methyl sites for hydroxylation is 2. The monoisotopic (exact) mass is 959 g/mol. The Morgan fingerprint density at radius 1 is 0.479 bits per heavy atom. The molecule has 0 amide bonds. The highest BCUT2D eigenvalue weighted by Crippen LogP contribution is 2.51. The molecular formula is C67H71BN4O. The van der Waals surface area contributed by atoms with Crippen LogP contribution in [-0.2, 0) is 27.1 Å². The largest absolute Gasteiger partial charge is 0.468 e. The number of aromatic nitrogens is 1. The van der Waals surface area contributed by atoms with Crippen LogP contribution in [0.2, 0.25) is 0 Å². The van der Waals surface area contributed by atoms with Crippen molar-refractivity contribution in [3.05, 3.63) is 166 Å². The Labute approximate surface area is 434 Å². The minimum Gasteiger partial charge on any atom is -0.468 e. The molecule has 368 valence electrons. The molecule has 4 heterocycles. The fourth-order valence-electron chi connectivity index (χ4n) is 11.7. The summed E-state index contributed by atoms with van der Waals surface area (Å²) in [6, 6.07) is 48.6. The van der Waals surface area contributed by atoms with E-state index in [1.54, 1.807) is 0 Å². The van der Waals surface area contributed by atoms with E-state index in [2.05, 4.69) is 241 Å². The number of hydrogen-bond donors (Lipinski definition) is 0. The smallest absolute Gasteiger partial charge is 0.297 e. The molecule has 9 aromatic rings. The Morgan fingerprint density at radius 2 is 0.986 bits per heavy atom. The van der Waals surface area contributed by atoms with Gasteiger partial charge in [-0.1, -0.05) is 152 Å². The summed E-state index contributed by atoms with van der Waals surface area (Å²) < 4.78 is 9.97. The lowest BCUT2D eigenvalue weighted by molar-refractivity contribution is 0.589. The molecule has 0 aliphatic carbocycles. The second kappa shape index (κ2) is 16.0. The summed E-state index contributed by atoms with van der Waals surface area (Å²) in [5.74, 6) is 0. The number of fused-ring (bicyclic) bond motifs is 9. The number of nitrogens with zero attached hydrogens (tertiary/aromatic N) is 4. The van der Waals surface area contributed by atoms with Gasteiger partial charge in [-0.05, 0) is 164 Å². The molecule has 2 aliphatic heterocycles. The topological polar surface area (TPSA) is 48.3 Å². The summed E-state index contributed by atoms with van der Waals surface area (Å²) >= 11 is 0. The SMILES string of the molecule is Cc1cc(C(C)(C)C)cc(C)c1N1c2cc(N(c3ccc(C(C)(C)C)cc3)c3ccc(C(C)(C)C)cc3)cc3c2B(c2oc4ccc(C#N)cc4c21)c1cc(C(C)(C)C)cc2c4cc(C(C)(C)C)ccc4n-3c12. The molecule has 0 unspecified atom stereocenters. The number of anilines is 6. The molecule has 0 atom stereocenters. The summed E-state index contributed by atoms with van der Waals surface area (Å²) in [6.45, 7) is 38.8. The van der Waals surface area contributed by atoms with Crippen LogP contribution >= 0.6 is 0 Å². The first-order valence-corrected chi connectivity index (χ1v) is 26.3. The number of benzene rings is 7. The summed E-state index contributed by atoms with van der Waals surface area (Å²) in [4.78, 5) is 4.97. The molecule has 11 rings (SSSR count). The molecule has 0 N–H and O–H groups in total. The zero-order chi connectivity index (χ0) is 52.2. The molecule has 0 bridgehead atoms. The van der Waals surface area contributed by atoms with Crippen molar-refractivity contribution < 1.29 is 4.42 Å². The molecule has 6 heteroatoms. The van der Waals surface area contributed by atoms with Crippen molar-refractivity contribution in [2.75, 3.05) is 9.80 Å². The summed E-state index contributed by atoms with van der Waals surface area (Å²) in [7, 11) is 0. The van der Waals surface area contributed by atoms with Crippen LogP contribution in [0, 0.1) is 25.2 Å². The molecular weight excluding hydrogens is 888 g/mol. The molecule has 0 radical (unpaired) electrons. The Hall–Kier alpha value is -6.97. The fourth-order valence-corrected chi connectivity index (χ4v) is 11.7. The molecule has 2 aromatic heterocycles. The average molecular weight is 959 g/mol. The van der Waals surface area contributed by atoms with Crippen LogP contribution in [0.15, 0.2) is 126 Å². The van der Waals surface area contributed by atoms with Crippen LogP contribution in [-0.4, -0.2) is 11.3 Å². The van der Waals surface area contributed by atoms with Crippen LogP contribution in [0.4, 0.5) is 34.1 Å². The summed E-state index contributed by atoms with van der Waals surface area (Å²) in [5.41, 5.74) is 23.3. The third kappa shape index (κ3) is 7.71. The highest BCUT2D eigenvalue weighted by atomic mass is 16.3. The second-order valence-corrected chi connectivity index (χ2v) is 26.5. The Bertz CT molecular complexity index is 3700. The number of nitriles is 1. The van der Waals surface area contributed by atoms with Gasteiger partial charge in [-0.25, -0.2) is 0 Å². The van der Waals surface area contributed by atoms with Gasteiger partial charge in [0.05, 0.1) is 39.9 Å². The predicted molar refractivity (Wildman–Crippen MR) is 312 cm³/mol. The van der Waals surface area contributed by atoms with Gasteiger partial charge in [-0.2, -0.15) is 5.26 Å².